The first-order valence-corrected chi connectivity index (χ1v) is 4.11. The maximum atomic E-state index is 2.32. The molecule has 0 saturated carbocycles. The molecular formula is C11H12. The van der Waals surface area contributed by atoms with Crippen molar-refractivity contribution in [3.05, 3.63) is 47.8 Å². The highest BCUT2D eigenvalue weighted by molar-refractivity contribution is 5.51. The SMILES string of the molecule is CC1=C[C]2C[CH]CC=C2C=C1. The Morgan fingerprint density at radius 3 is 3.09 bits per heavy atom. The molecule has 0 heterocycles. The van der Waals surface area contributed by atoms with Gasteiger partial charge in [0.25, 0.3) is 0 Å². The van der Waals surface area contributed by atoms with E-state index in [2.05, 4.69) is 37.6 Å². The molecule has 2 aliphatic carbocycles. The van der Waals surface area contributed by atoms with E-state index in [9.17, 15) is 0 Å². The van der Waals surface area contributed by atoms with Crippen LogP contribution in [0.15, 0.2) is 35.5 Å². The molecule has 0 nitrogen and oxygen atoms in total. The van der Waals surface area contributed by atoms with Crippen molar-refractivity contribution in [1.29, 1.82) is 0 Å². The second-order valence-electron chi connectivity index (χ2n) is 3.13. The van der Waals surface area contributed by atoms with E-state index in [1.807, 2.05) is 0 Å². The summed E-state index contributed by atoms with van der Waals surface area (Å²) in [6.07, 6.45) is 13.6. The predicted octanol–water partition coefficient (Wildman–Crippen LogP) is 3.00. The van der Waals surface area contributed by atoms with Crippen molar-refractivity contribution in [2.75, 3.05) is 0 Å². The van der Waals surface area contributed by atoms with E-state index in [4.69, 9.17) is 0 Å². The van der Waals surface area contributed by atoms with Crippen LogP contribution >= 0.6 is 0 Å². The molecule has 0 N–H and O–H groups in total. The normalized spacial score (nSPS) is 24.1. The van der Waals surface area contributed by atoms with E-state index < -0.39 is 0 Å². The van der Waals surface area contributed by atoms with E-state index in [0.29, 0.717) is 0 Å². The average molecular weight is 144 g/mol. The molecule has 0 spiro atoms. The summed E-state index contributed by atoms with van der Waals surface area (Å²) in [5, 5.41) is 0. The number of rotatable bonds is 0. The minimum atomic E-state index is 1.13. The largest absolute Gasteiger partial charge is 0.0801 e. The Balaban J connectivity index is 2.28. The van der Waals surface area contributed by atoms with Gasteiger partial charge in [0.1, 0.15) is 0 Å². The Kier molecular flexibility index (Phi) is 1.69. The lowest BCUT2D eigenvalue weighted by Gasteiger charge is -2.21. The summed E-state index contributed by atoms with van der Waals surface area (Å²) < 4.78 is 0. The fraction of sp³-hybridized carbons (Fsp3) is 0.273. The third kappa shape index (κ3) is 1.30. The summed E-state index contributed by atoms with van der Waals surface area (Å²) >= 11 is 0. The molecule has 0 heteroatoms. The molecule has 0 fully saturated rings. The minimum Gasteiger partial charge on any atom is -0.0801 e. The summed E-state index contributed by atoms with van der Waals surface area (Å²) in [7, 11) is 0. The van der Waals surface area contributed by atoms with E-state index in [0.717, 1.165) is 12.8 Å². The van der Waals surface area contributed by atoms with Crippen molar-refractivity contribution >= 4 is 0 Å². The molecule has 0 bridgehead atoms. The summed E-state index contributed by atoms with van der Waals surface area (Å²) in [6.45, 7) is 2.15. The number of allylic oxidation sites excluding steroid dienone is 6. The third-order valence-electron chi connectivity index (χ3n) is 2.17. The van der Waals surface area contributed by atoms with E-state index in [1.54, 1.807) is 0 Å². The molecule has 2 rings (SSSR count). The number of hydrogen-bond acceptors (Lipinski definition) is 0. The molecule has 0 atom stereocenters. The summed E-state index contributed by atoms with van der Waals surface area (Å²) in [4.78, 5) is 0. The van der Waals surface area contributed by atoms with E-state index in [-0.39, 0.29) is 0 Å². The van der Waals surface area contributed by atoms with Crippen molar-refractivity contribution in [2.45, 2.75) is 19.8 Å². The molecule has 11 heavy (non-hydrogen) atoms. The van der Waals surface area contributed by atoms with Crippen LogP contribution in [-0.4, -0.2) is 0 Å². The smallest absolute Gasteiger partial charge is 0.0269 e. The van der Waals surface area contributed by atoms with Crippen LogP contribution < -0.4 is 0 Å². The second-order valence-corrected chi connectivity index (χ2v) is 3.13. The van der Waals surface area contributed by atoms with Crippen molar-refractivity contribution < 1.29 is 0 Å². The van der Waals surface area contributed by atoms with Gasteiger partial charge in [-0.25, -0.2) is 0 Å². The molecule has 2 aliphatic rings. The van der Waals surface area contributed by atoms with Crippen LogP contribution in [0.1, 0.15) is 19.8 Å². The van der Waals surface area contributed by atoms with Crippen LogP contribution in [0, 0.1) is 12.3 Å². The van der Waals surface area contributed by atoms with Gasteiger partial charge in [-0.3, -0.25) is 0 Å². The predicted molar refractivity (Wildman–Crippen MR) is 47.8 cm³/mol. The standard InChI is InChI=1S/C11H12/c1-9-6-7-10-4-2-3-5-11(10)8-9/h3-4,6-8H,2,5H2,1H3. The van der Waals surface area contributed by atoms with Gasteiger partial charge < -0.3 is 0 Å². The first-order valence-electron chi connectivity index (χ1n) is 4.11. The van der Waals surface area contributed by atoms with Crippen molar-refractivity contribution in [2.24, 2.45) is 0 Å². The quantitative estimate of drug-likeness (QED) is 0.490. The third-order valence-corrected chi connectivity index (χ3v) is 2.17. The van der Waals surface area contributed by atoms with Crippen LogP contribution in [0.25, 0.3) is 0 Å². The first-order chi connectivity index (χ1) is 5.36. The van der Waals surface area contributed by atoms with Crippen LogP contribution in [0.5, 0.6) is 0 Å². The highest BCUT2D eigenvalue weighted by Crippen LogP contribution is 2.32. The second kappa shape index (κ2) is 2.69. The molecular weight excluding hydrogens is 132 g/mol. The zero-order valence-electron chi connectivity index (χ0n) is 6.80. The monoisotopic (exact) mass is 144 g/mol. The molecule has 0 saturated heterocycles. The van der Waals surface area contributed by atoms with Crippen molar-refractivity contribution in [1.82, 2.24) is 0 Å². The van der Waals surface area contributed by atoms with E-state index in [1.165, 1.54) is 17.1 Å². The van der Waals surface area contributed by atoms with Gasteiger partial charge in [-0.05, 0) is 31.8 Å². The van der Waals surface area contributed by atoms with Crippen molar-refractivity contribution in [3.63, 3.8) is 0 Å². The highest BCUT2D eigenvalue weighted by Gasteiger charge is 2.16. The van der Waals surface area contributed by atoms with Crippen LogP contribution in [0.2, 0.25) is 0 Å². The summed E-state index contributed by atoms with van der Waals surface area (Å²) in [5.41, 5.74) is 2.80. The fourth-order valence-electron chi connectivity index (χ4n) is 1.56. The van der Waals surface area contributed by atoms with Crippen LogP contribution in [-0.2, 0) is 0 Å². The van der Waals surface area contributed by atoms with E-state index >= 15 is 0 Å². The number of fused-ring (bicyclic) bond motifs is 1. The summed E-state index contributed by atoms with van der Waals surface area (Å²) in [6, 6.07) is 0. The summed E-state index contributed by atoms with van der Waals surface area (Å²) in [5.74, 6) is 1.48. The zero-order valence-corrected chi connectivity index (χ0v) is 6.80. The van der Waals surface area contributed by atoms with Gasteiger partial charge in [0.05, 0.1) is 0 Å². The Morgan fingerprint density at radius 2 is 2.18 bits per heavy atom. The lowest BCUT2D eigenvalue weighted by Crippen LogP contribution is -2.05. The molecule has 56 valence electrons. The fourth-order valence-corrected chi connectivity index (χ4v) is 1.56. The van der Waals surface area contributed by atoms with Gasteiger partial charge in [0.15, 0.2) is 0 Å². The maximum absolute atomic E-state index is 2.32. The van der Waals surface area contributed by atoms with Gasteiger partial charge in [-0.1, -0.05) is 29.9 Å². The molecule has 0 aromatic heterocycles. The molecule has 0 amide bonds. The average Bonchev–Trinajstić information content (AvgIpc) is 2.04. The van der Waals surface area contributed by atoms with Gasteiger partial charge >= 0.3 is 0 Å². The lowest BCUT2D eigenvalue weighted by atomic mass is 9.83. The molecule has 0 aromatic carbocycles. The van der Waals surface area contributed by atoms with Gasteiger partial charge in [0, 0.05) is 5.92 Å². The Hall–Kier alpha value is -0.780. The van der Waals surface area contributed by atoms with Gasteiger partial charge in [0.2, 0.25) is 0 Å². The Bertz CT molecular complexity index is 241. The highest BCUT2D eigenvalue weighted by atomic mass is 14.2. The topological polar surface area (TPSA) is 0 Å². The minimum absolute atomic E-state index is 1.13. The lowest BCUT2D eigenvalue weighted by molar-refractivity contribution is 0.925. The maximum Gasteiger partial charge on any atom is 0.0269 e. The Labute approximate surface area is 68.3 Å². The molecule has 0 aliphatic heterocycles. The number of hydrogen-bond donors (Lipinski definition) is 0. The zero-order chi connectivity index (χ0) is 7.68. The molecule has 0 unspecified atom stereocenters. The molecule has 2 radical (unpaired) electrons. The van der Waals surface area contributed by atoms with Crippen molar-refractivity contribution in [3.8, 4) is 0 Å². The molecule has 0 aromatic rings. The van der Waals surface area contributed by atoms with Crippen LogP contribution in [0.3, 0.4) is 0 Å². The van der Waals surface area contributed by atoms with Crippen LogP contribution in [0.4, 0.5) is 0 Å². The van der Waals surface area contributed by atoms with Gasteiger partial charge in [-0.2, -0.15) is 0 Å². The Morgan fingerprint density at radius 1 is 1.27 bits per heavy atom. The first kappa shape index (κ1) is 6.90. The van der Waals surface area contributed by atoms with Gasteiger partial charge in [-0.15, -0.1) is 0 Å².